The number of nitrogens with two attached hydrogens (primary N) is 1. The van der Waals surface area contributed by atoms with Crippen molar-refractivity contribution in [3.05, 3.63) is 0 Å². The zero-order chi connectivity index (χ0) is 13.2. The molecule has 3 N–H and O–H groups in total. The molecule has 0 radical (unpaired) electrons. The van der Waals surface area contributed by atoms with Crippen molar-refractivity contribution >= 4 is 18.3 Å². The standard InChI is InChI=1S/C15H28N2O.ClH/c1-3-15(4-2,10-16)14(18)17-9-13-8-11-5-6-12(13)7-11;/h11-13H,3-10,16H2,1-2H3,(H,17,18);1H. The van der Waals surface area contributed by atoms with Crippen molar-refractivity contribution in [3.8, 4) is 0 Å². The Morgan fingerprint density at radius 2 is 1.95 bits per heavy atom. The van der Waals surface area contributed by atoms with Crippen LogP contribution in [0.3, 0.4) is 0 Å². The number of halogens is 1. The molecule has 0 aromatic rings. The van der Waals surface area contributed by atoms with Gasteiger partial charge in [0.05, 0.1) is 5.41 Å². The number of hydrogen-bond acceptors (Lipinski definition) is 2. The maximum Gasteiger partial charge on any atom is 0.227 e. The number of carbonyl (C=O) groups is 1. The summed E-state index contributed by atoms with van der Waals surface area (Å²) in [6, 6.07) is 0. The van der Waals surface area contributed by atoms with Crippen LogP contribution in [-0.2, 0) is 4.79 Å². The van der Waals surface area contributed by atoms with Gasteiger partial charge in [-0.25, -0.2) is 0 Å². The second kappa shape index (κ2) is 6.94. The fourth-order valence-electron chi connectivity index (χ4n) is 3.99. The number of carbonyl (C=O) groups excluding carboxylic acids is 1. The Labute approximate surface area is 123 Å². The van der Waals surface area contributed by atoms with E-state index in [0.29, 0.717) is 6.54 Å². The Kier molecular flexibility index (Phi) is 6.13. The largest absolute Gasteiger partial charge is 0.355 e. The fourth-order valence-corrected chi connectivity index (χ4v) is 3.99. The molecule has 0 heterocycles. The van der Waals surface area contributed by atoms with Gasteiger partial charge in [0, 0.05) is 13.1 Å². The molecule has 2 saturated carbocycles. The summed E-state index contributed by atoms with van der Waals surface area (Å²) in [5.74, 6) is 2.74. The van der Waals surface area contributed by atoms with Gasteiger partial charge < -0.3 is 11.1 Å². The van der Waals surface area contributed by atoms with E-state index in [1.807, 2.05) is 0 Å². The summed E-state index contributed by atoms with van der Waals surface area (Å²) in [4.78, 5) is 12.3. The van der Waals surface area contributed by atoms with Gasteiger partial charge in [-0.15, -0.1) is 12.4 Å². The second-order valence-electron chi connectivity index (χ2n) is 6.34. The van der Waals surface area contributed by atoms with Crippen LogP contribution in [-0.4, -0.2) is 19.0 Å². The third-order valence-electron chi connectivity index (χ3n) is 5.64. The molecule has 0 aromatic carbocycles. The molecule has 0 aromatic heterocycles. The molecular formula is C15H29ClN2O. The van der Waals surface area contributed by atoms with Crippen molar-refractivity contribution in [2.24, 2.45) is 28.9 Å². The van der Waals surface area contributed by atoms with Crippen molar-refractivity contribution in [1.29, 1.82) is 0 Å². The summed E-state index contributed by atoms with van der Waals surface area (Å²) in [5, 5.41) is 3.18. The number of fused-ring (bicyclic) bond motifs is 2. The molecule has 0 saturated heterocycles. The first-order valence-corrected chi connectivity index (χ1v) is 7.63. The van der Waals surface area contributed by atoms with Gasteiger partial charge in [-0.2, -0.15) is 0 Å². The number of nitrogens with one attached hydrogen (secondary N) is 1. The monoisotopic (exact) mass is 288 g/mol. The van der Waals surface area contributed by atoms with E-state index in [9.17, 15) is 4.79 Å². The predicted molar refractivity (Wildman–Crippen MR) is 81.3 cm³/mol. The molecule has 2 rings (SSSR count). The van der Waals surface area contributed by atoms with E-state index < -0.39 is 0 Å². The molecule has 2 bridgehead atoms. The SMILES string of the molecule is CCC(CC)(CN)C(=O)NCC1CC2CCC1C2.Cl. The number of amides is 1. The van der Waals surface area contributed by atoms with Crippen molar-refractivity contribution in [2.45, 2.75) is 52.4 Å². The molecule has 4 heteroatoms. The Morgan fingerprint density at radius 3 is 2.37 bits per heavy atom. The molecule has 0 spiro atoms. The van der Waals surface area contributed by atoms with Crippen LogP contribution < -0.4 is 11.1 Å². The molecule has 19 heavy (non-hydrogen) atoms. The quantitative estimate of drug-likeness (QED) is 0.789. The van der Waals surface area contributed by atoms with Crippen molar-refractivity contribution in [2.75, 3.05) is 13.1 Å². The minimum Gasteiger partial charge on any atom is -0.355 e. The molecule has 2 aliphatic rings. The summed E-state index contributed by atoms with van der Waals surface area (Å²) >= 11 is 0. The molecule has 3 atom stereocenters. The van der Waals surface area contributed by atoms with Gasteiger partial charge in [0.2, 0.25) is 5.91 Å². The summed E-state index contributed by atoms with van der Waals surface area (Å²) in [6.07, 6.45) is 7.22. The lowest BCUT2D eigenvalue weighted by Crippen LogP contribution is -2.46. The molecule has 1 amide bonds. The lowest BCUT2D eigenvalue weighted by atomic mass is 9.81. The third kappa shape index (κ3) is 3.25. The minimum absolute atomic E-state index is 0. The highest BCUT2D eigenvalue weighted by atomic mass is 35.5. The maximum absolute atomic E-state index is 12.3. The van der Waals surface area contributed by atoms with Crippen molar-refractivity contribution < 1.29 is 4.79 Å². The van der Waals surface area contributed by atoms with Crippen LogP contribution in [0.15, 0.2) is 0 Å². The zero-order valence-electron chi connectivity index (χ0n) is 12.3. The maximum atomic E-state index is 12.3. The lowest BCUT2D eigenvalue weighted by Gasteiger charge is -2.30. The van der Waals surface area contributed by atoms with Gasteiger partial charge in [0.1, 0.15) is 0 Å². The van der Waals surface area contributed by atoms with Crippen LogP contribution in [0.5, 0.6) is 0 Å². The van der Waals surface area contributed by atoms with E-state index in [2.05, 4.69) is 19.2 Å². The molecule has 2 aliphatic carbocycles. The average Bonchev–Trinajstić information content (AvgIpc) is 3.01. The number of hydrogen-bond donors (Lipinski definition) is 2. The smallest absolute Gasteiger partial charge is 0.227 e. The molecule has 3 unspecified atom stereocenters. The van der Waals surface area contributed by atoms with E-state index in [-0.39, 0.29) is 23.7 Å². The first kappa shape index (κ1) is 16.8. The zero-order valence-corrected chi connectivity index (χ0v) is 13.1. The average molecular weight is 289 g/mol. The summed E-state index contributed by atoms with van der Waals surface area (Å²) in [5.41, 5.74) is 5.48. The van der Waals surface area contributed by atoms with Crippen LogP contribution in [0, 0.1) is 23.2 Å². The van der Waals surface area contributed by atoms with Crippen LogP contribution in [0.4, 0.5) is 0 Å². The molecule has 3 nitrogen and oxygen atoms in total. The highest BCUT2D eigenvalue weighted by molar-refractivity contribution is 5.85. The summed E-state index contributed by atoms with van der Waals surface area (Å²) < 4.78 is 0. The summed E-state index contributed by atoms with van der Waals surface area (Å²) in [6.45, 7) is 5.46. The normalized spacial score (nSPS) is 29.1. The molecule has 112 valence electrons. The molecule has 0 aliphatic heterocycles. The van der Waals surface area contributed by atoms with Crippen LogP contribution in [0.1, 0.15) is 52.4 Å². The van der Waals surface area contributed by atoms with Gasteiger partial charge in [-0.05, 0) is 49.9 Å². The Balaban J connectivity index is 0.00000180. The fraction of sp³-hybridized carbons (Fsp3) is 0.933. The molecular weight excluding hydrogens is 260 g/mol. The minimum atomic E-state index is -0.336. The first-order valence-electron chi connectivity index (χ1n) is 7.63. The van der Waals surface area contributed by atoms with Crippen LogP contribution >= 0.6 is 12.4 Å². The van der Waals surface area contributed by atoms with Crippen LogP contribution in [0.25, 0.3) is 0 Å². The molecule has 2 fully saturated rings. The topological polar surface area (TPSA) is 55.1 Å². The van der Waals surface area contributed by atoms with Gasteiger partial charge in [-0.1, -0.05) is 20.3 Å². The Hall–Kier alpha value is -0.280. The summed E-state index contributed by atoms with van der Waals surface area (Å²) in [7, 11) is 0. The predicted octanol–water partition coefficient (Wildman–Crippen LogP) is 2.73. The lowest BCUT2D eigenvalue weighted by molar-refractivity contribution is -0.131. The first-order chi connectivity index (χ1) is 8.65. The van der Waals surface area contributed by atoms with Crippen LogP contribution in [0.2, 0.25) is 0 Å². The Morgan fingerprint density at radius 1 is 1.26 bits per heavy atom. The Bertz CT molecular complexity index is 296. The van der Waals surface area contributed by atoms with Gasteiger partial charge in [0.15, 0.2) is 0 Å². The van der Waals surface area contributed by atoms with Crippen molar-refractivity contribution in [1.82, 2.24) is 5.32 Å². The van der Waals surface area contributed by atoms with E-state index in [4.69, 9.17) is 5.73 Å². The van der Waals surface area contributed by atoms with Crippen molar-refractivity contribution in [3.63, 3.8) is 0 Å². The van der Waals surface area contributed by atoms with E-state index >= 15 is 0 Å². The van der Waals surface area contributed by atoms with Gasteiger partial charge in [-0.3, -0.25) is 4.79 Å². The highest BCUT2D eigenvalue weighted by Gasteiger charge is 2.40. The number of rotatable bonds is 6. The van der Waals surface area contributed by atoms with E-state index in [0.717, 1.165) is 37.1 Å². The van der Waals surface area contributed by atoms with E-state index in [1.165, 1.54) is 25.7 Å². The highest BCUT2D eigenvalue weighted by Crippen LogP contribution is 2.48. The third-order valence-corrected chi connectivity index (χ3v) is 5.64. The van der Waals surface area contributed by atoms with E-state index in [1.54, 1.807) is 0 Å². The second-order valence-corrected chi connectivity index (χ2v) is 6.34. The van der Waals surface area contributed by atoms with Gasteiger partial charge >= 0.3 is 0 Å². The van der Waals surface area contributed by atoms with Gasteiger partial charge in [0.25, 0.3) is 0 Å².